The molecule has 0 atom stereocenters. The van der Waals surface area contributed by atoms with Crippen molar-refractivity contribution in [3.8, 4) is 17.4 Å². The summed E-state index contributed by atoms with van der Waals surface area (Å²) in [5.74, 6) is 1.02. The second-order valence-electron chi connectivity index (χ2n) is 3.35. The van der Waals surface area contributed by atoms with Gasteiger partial charge in [0.15, 0.2) is 5.75 Å². The molecule has 0 aliphatic rings. The minimum Gasteiger partial charge on any atom is -0.439 e. The summed E-state index contributed by atoms with van der Waals surface area (Å²) in [5, 5.41) is 11.5. The summed E-state index contributed by atoms with van der Waals surface area (Å²) in [5.41, 5.74) is 0.846. The Balaban J connectivity index is 2.23. The van der Waals surface area contributed by atoms with Crippen molar-refractivity contribution >= 4 is 11.6 Å². The van der Waals surface area contributed by atoms with Gasteiger partial charge >= 0.3 is 0 Å². The van der Waals surface area contributed by atoms with Crippen LogP contribution in [-0.4, -0.2) is 4.98 Å². The van der Waals surface area contributed by atoms with Crippen molar-refractivity contribution in [3.05, 3.63) is 47.1 Å². The van der Waals surface area contributed by atoms with Crippen LogP contribution in [0.1, 0.15) is 5.56 Å². The zero-order valence-electron chi connectivity index (χ0n) is 8.61. The number of benzene rings is 1. The fraction of sp³-hybridized carbons (Fsp3) is 0.0833. The van der Waals surface area contributed by atoms with Gasteiger partial charge in [0.2, 0.25) is 5.88 Å². The number of aromatic nitrogens is 1. The lowest BCUT2D eigenvalue weighted by atomic mass is 10.3. The molecule has 2 rings (SSSR count). The van der Waals surface area contributed by atoms with Gasteiger partial charge in [0.1, 0.15) is 5.75 Å². The highest BCUT2D eigenvalue weighted by Crippen LogP contribution is 2.25. The molecule has 0 aliphatic heterocycles. The van der Waals surface area contributed by atoms with E-state index in [-0.39, 0.29) is 5.75 Å². The summed E-state index contributed by atoms with van der Waals surface area (Å²) in [4.78, 5) is 4.06. The molecule has 4 heteroatoms. The summed E-state index contributed by atoms with van der Waals surface area (Å²) in [6.07, 6.45) is 1.52. The third-order valence-electron chi connectivity index (χ3n) is 2.04. The highest BCUT2D eigenvalue weighted by atomic mass is 35.5. The molecule has 1 aromatic heterocycles. The van der Waals surface area contributed by atoms with Gasteiger partial charge in [-0.1, -0.05) is 11.6 Å². The van der Waals surface area contributed by atoms with Crippen molar-refractivity contribution in [2.75, 3.05) is 0 Å². The van der Waals surface area contributed by atoms with Crippen molar-refractivity contribution in [3.63, 3.8) is 0 Å². The molecule has 0 saturated heterocycles. The Morgan fingerprint density at radius 3 is 2.56 bits per heavy atom. The number of hydrogen-bond acceptors (Lipinski definition) is 2. The molecule has 0 spiro atoms. The molecule has 0 fully saturated rings. The summed E-state index contributed by atoms with van der Waals surface area (Å²) < 4.78 is 5.51. The fourth-order valence-corrected chi connectivity index (χ4v) is 1.47. The summed E-state index contributed by atoms with van der Waals surface area (Å²) in [6.45, 7) is 1.86. The monoisotopic (exact) mass is 234 g/mol. The van der Waals surface area contributed by atoms with E-state index in [0.29, 0.717) is 16.7 Å². The van der Waals surface area contributed by atoms with Crippen LogP contribution in [0.3, 0.4) is 0 Å². The maximum Gasteiger partial charge on any atom is 0.222 e. The summed E-state index contributed by atoms with van der Waals surface area (Å²) >= 11 is 5.78. The molecule has 0 aliphatic carbocycles. The highest BCUT2D eigenvalue weighted by molar-refractivity contribution is 6.30. The predicted molar refractivity (Wildman–Crippen MR) is 60.6 cm³/mol. The number of hydrogen-bond donors (Lipinski definition) is 0. The largest absolute Gasteiger partial charge is 0.439 e. The molecule has 81 valence electrons. The van der Waals surface area contributed by atoms with Crippen LogP contribution < -0.4 is 4.74 Å². The molecule has 0 unspecified atom stereocenters. The molecule has 2 aromatic rings. The third kappa shape index (κ3) is 2.44. The molecule has 3 nitrogen and oxygen atoms in total. The van der Waals surface area contributed by atoms with Crippen LogP contribution in [0.15, 0.2) is 36.5 Å². The van der Waals surface area contributed by atoms with Crippen LogP contribution in [-0.2, 0) is 5.11 Å². The Hall–Kier alpha value is -1.74. The van der Waals surface area contributed by atoms with Gasteiger partial charge in [-0.2, -0.15) is 0 Å². The van der Waals surface area contributed by atoms with E-state index in [1.807, 2.05) is 6.92 Å². The van der Waals surface area contributed by atoms with Gasteiger partial charge in [0.05, 0.1) is 5.02 Å². The smallest absolute Gasteiger partial charge is 0.222 e. The molecule has 0 bridgehead atoms. The molecular formula is C12H9ClNO2. The van der Waals surface area contributed by atoms with Crippen molar-refractivity contribution < 1.29 is 9.84 Å². The van der Waals surface area contributed by atoms with Crippen LogP contribution in [0.2, 0.25) is 5.02 Å². The van der Waals surface area contributed by atoms with Crippen LogP contribution in [0, 0.1) is 6.92 Å². The van der Waals surface area contributed by atoms with Gasteiger partial charge in [-0.25, -0.2) is 4.98 Å². The zero-order valence-corrected chi connectivity index (χ0v) is 9.36. The Kier molecular flexibility index (Phi) is 2.97. The van der Waals surface area contributed by atoms with Crippen molar-refractivity contribution in [1.82, 2.24) is 4.98 Å². The Bertz CT molecular complexity index is 497. The zero-order chi connectivity index (χ0) is 11.5. The lowest BCUT2D eigenvalue weighted by Crippen LogP contribution is -1.90. The number of halogens is 1. The Labute approximate surface area is 98.3 Å². The molecule has 0 saturated carbocycles. The van der Waals surface area contributed by atoms with E-state index in [1.165, 1.54) is 18.3 Å². The van der Waals surface area contributed by atoms with Gasteiger partial charge in [-0.3, -0.25) is 5.11 Å². The highest BCUT2D eigenvalue weighted by Gasteiger charge is 2.03. The maximum absolute atomic E-state index is 10.9. The Morgan fingerprint density at radius 2 is 1.94 bits per heavy atom. The SMILES string of the molecule is Cc1cc(Cl)cnc1Oc1ccc([O])cc1. The van der Waals surface area contributed by atoms with E-state index in [4.69, 9.17) is 16.3 Å². The molecular weight excluding hydrogens is 226 g/mol. The van der Waals surface area contributed by atoms with E-state index in [1.54, 1.807) is 18.2 Å². The lowest BCUT2D eigenvalue weighted by Gasteiger charge is -2.07. The van der Waals surface area contributed by atoms with E-state index in [9.17, 15) is 5.11 Å². The first-order chi connectivity index (χ1) is 7.65. The molecule has 1 radical (unpaired) electrons. The average molecular weight is 235 g/mol. The number of nitrogens with zero attached hydrogens (tertiary/aromatic N) is 1. The summed E-state index contributed by atoms with van der Waals surface area (Å²) in [7, 11) is 0. The first-order valence-corrected chi connectivity index (χ1v) is 5.10. The molecule has 0 amide bonds. The fourth-order valence-electron chi connectivity index (χ4n) is 1.25. The average Bonchev–Trinajstić information content (AvgIpc) is 2.25. The van der Waals surface area contributed by atoms with Gasteiger partial charge in [-0.15, -0.1) is 0 Å². The van der Waals surface area contributed by atoms with Gasteiger partial charge in [0, 0.05) is 11.8 Å². The minimum atomic E-state index is -0.0480. The normalized spacial score (nSPS) is 10.1. The van der Waals surface area contributed by atoms with E-state index >= 15 is 0 Å². The van der Waals surface area contributed by atoms with Crippen LogP contribution in [0.5, 0.6) is 17.4 Å². The summed E-state index contributed by atoms with van der Waals surface area (Å²) in [6, 6.07) is 7.88. The standard InChI is InChI=1S/C12H9ClNO2/c1-8-6-9(13)7-14-12(8)16-11-4-2-10(15)3-5-11/h2-7H,1H3. The molecule has 16 heavy (non-hydrogen) atoms. The topological polar surface area (TPSA) is 42.0 Å². The number of ether oxygens (including phenoxy) is 1. The minimum absolute atomic E-state index is 0.0480. The van der Waals surface area contributed by atoms with Crippen LogP contribution >= 0.6 is 11.6 Å². The molecule has 1 heterocycles. The van der Waals surface area contributed by atoms with Crippen LogP contribution in [0.4, 0.5) is 0 Å². The molecule has 0 N–H and O–H groups in total. The van der Waals surface area contributed by atoms with Crippen molar-refractivity contribution in [2.45, 2.75) is 6.92 Å². The predicted octanol–water partition coefficient (Wildman–Crippen LogP) is 3.98. The van der Waals surface area contributed by atoms with Gasteiger partial charge < -0.3 is 4.74 Å². The second-order valence-corrected chi connectivity index (χ2v) is 3.79. The third-order valence-corrected chi connectivity index (χ3v) is 2.24. The van der Waals surface area contributed by atoms with Crippen molar-refractivity contribution in [1.29, 1.82) is 0 Å². The van der Waals surface area contributed by atoms with Crippen molar-refractivity contribution in [2.24, 2.45) is 0 Å². The maximum atomic E-state index is 10.9. The van der Waals surface area contributed by atoms with Gasteiger partial charge in [0.25, 0.3) is 0 Å². The molecule has 1 aromatic carbocycles. The van der Waals surface area contributed by atoms with Crippen LogP contribution in [0.25, 0.3) is 0 Å². The van der Waals surface area contributed by atoms with E-state index in [0.717, 1.165) is 5.56 Å². The number of aryl methyl sites for hydroxylation is 1. The number of pyridine rings is 1. The second kappa shape index (κ2) is 4.41. The quantitative estimate of drug-likeness (QED) is 0.789. The van der Waals surface area contributed by atoms with E-state index < -0.39 is 0 Å². The first-order valence-electron chi connectivity index (χ1n) is 4.72. The Morgan fingerprint density at radius 1 is 1.25 bits per heavy atom. The first kappa shape index (κ1) is 10.8. The van der Waals surface area contributed by atoms with E-state index in [2.05, 4.69) is 4.98 Å². The number of rotatable bonds is 2. The van der Waals surface area contributed by atoms with Gasteiger partial charge in [-0.05, 0) is 37.3 Å². The lowest BCUT2D eigenvalue weighted by molar-refractivity contribution is 0.353.